The highest BCUT2D eigenvalue weighted by atomic mass is 16.5. The molecule has 0 spiro atoms. The number of morpholine rings is 1. The number of hydrogen-bond acceptors (Lipinski definition) is 4. The third-order valence-electron chi connectivity index (χ3n) is 4.01. The van der Waals surface area contributed by atoms with Gasteiger partial charge >= 0.3 is 0 Å². The lowest BCUT2D eigenvalue weighted by molar-refractivity contribution is 0.0302. The minimum atomic E-state index is 0.186. The number of hydrogen-bond donors (Lipinski definition) is 1. The zero-order chi connectivity index (χ0) is 13.4. The summed E-state index contributed by atoms with van der Waals surface area (Å²) in [6.45, 7) is 6.14. The molecule has 1 aromatic rings. The van der Waals surface area contributed by atoms with E-state index in [1.807, 2.05) is 13.1 Å². The molecule has 1 aromatic heterocycles. The first-order valence-electron chi connectivity index (χ1n) is 7.23. The minimum Gasteiger partial charge on any atom is -0.371 e. The number of anilines is 1. The van der Waals surface area contributed by atoms with E-state index in [0.29, 0.717) is 12.2 Å². The van der Waals surface area contributed by atoms with E-state index in [-0.39, 0.29) is 6.04 Å². The first kappa shape index (κ1) is 12.9. The Balaban J connectivity index is 1.77. The quantitative estimate of drug-likeness (QED) is 0.899. The van der Waals surface area contributed by atoms with Crippen LogP contribution in [0.2, 0.25) is 0 Å². The fourth-order valence-electron chi connectivity index (χ4n) is 3.23. The largest absolute Gasteiger partial charge is 0.371 e. The van der Waals surface area contributed by atoms with E-state index in [1.165, 1.54) is 24.0 Å². The zero-order valence-corrected chi connectivity index (χ0v) is 11.8. The maximum Gasteiger partial charge on any atom is 0.131 e. The fraction of sp³-hybridized carbons (Fsp3) is 0.667. The molecule has 0 aliphatic carbocycles. The van der Waals surface area contributed by atoms with Crippen molar-refractivity contribution in [3.05, 3.63) is 23.4 Å². The van der Waals surface area contributed by atoms with Gasteiger partial charge in [-0.15, -0.1) is 0 Å². The molecule has 3 unspecified atom stereocenters. The van der Waals surface area contributed by atoms with Crippen LogP contribution < -0.4 is 10.6 Å². The van der Waals surface area contributed by atoms with Crippen LogP contribution in [0, 0.1) is 6.92 Å². The molecule has 2 bridgehead atoms. The van der Waals surface area contributed by atoms with Gasteiger partial charge in [-0.1, -0.05) is 6.07 Å². The summed E-state index contributed by atoms with van der Waals surface area (Å²) in [7, 11) is 0. The van der Waals surface area contributed by atoms with Crippen molar-refractivity contribution in [2.24, 2.45) is 5.73 Å². The summed E-state index contributed by atoms with van der Waals surface area (Å²) in [5.74, 6) is 1.12. The molecule has 2 fully saturated rings. The Kier molecular flexibility index (Phi) is 3.46. The summed E-state index contributed by atoms with van der Waals surface area (Å²) in [6.07, 6.45) is 6.07. The molecule has 0 amide bonds. The second-order valence-corrected chi connectivity index (χ2v) is 6.03. The summed E-state index contributed by atoms with van der Waals surface area (Å²) in [6, 6.07) is 2.41. The Hall–Kier alpha value is -1.13. The van der Waals surface area contributed by atoms with E-state index in [2.05, 4.69) is 22.9 Å². The summed E-state index contributed by atoms with van der Waals surface area (Å²) in [5, 5.41) is 0. The van der Waals surface area contributed by atoms with E-state index in [9.17, 15) is 0 Å². The van der Waals surface area contributed by atoms with Crippen molar-refractivity contribution in [1.82, 2.24) is 4.98 Å². The van der Waals surface area contributed by atoms with E-state index in [4.69, 9.17) is 10.5 Å². The van der Waals surface area contributed by atoms with Gasteiger partial charge in [0.1, 0.15) is 5.82 Å². The molecule has 3 rings (SSSR count). The van der Waals surface area contributed by atoms with E-state index < -0.39 is 0 Å². The molecule has 0 aromatic carbocycles. The molecule has 3 atom stereocenters. The average molecular weight is 261 g/mol. The topological polar surface area (TPSA) is 51.4 Å². The molecular weight excluding hydrogens is 238 g/mol. The van der Waals surface area contributed by atoms with Crippen molar-refractivity contribution in [3.63, 3.8) is 0 Å². The first-order chi connectivity index (χ1) is 9.11. The van der Waals surface area contributed by atoms with Crippen LogP contribution >= 0.6 is 0 Å². The third-order valence-corrected chi connectivity index (χ3v) is 4.01. The molecule has 19 heavy (non-hydrogen) atoms. The lowest BCUT2D eigenvalue weighted by atomic mass is 10.1. The van der Waals surface area contributed by atoms with Crippen LogP contribution in [0.1, 0.15) is 30.9 Å². The molecule has 0 saturated carbocycles. The van der Waals surface area contributed by atoms with Crippen LogP contribution in [0.5, 0.6) is 0 Å². The molecule has 3 heterocycles. The molecule has 4 nitrogen and oxygen atoms in total. The second kappa shape index (κ2) is 5.10. The normalized spacial score (nSPS) is 27.6. The number of nitrogens with two attached hydrogens (primary N) is 1. The van der Waals surface area contributed by atoms with Gasteiger partial charge < -0.3 is 15.4 Å². The monoisotopic (exact) mass is 261 g/mol. The standard InChI is InChI=1S/C15H23N3O/c1-10-5-12(6-11(2)16)7-17-15(10)18-8-13-3-4-14(9-18)19-13/h5,7,11,13-14H,3-4,6,8-9,16H2,1-2H3. The second-order valence-electron chi connectivity index (χ2n) is 6.03. The predicted molar refractivity (Wildman–Crippen MR) is 76.4 cm³/mol. The van der Waals surface area contributed by atoms with Crippen LogP contribution in [-0.4, -0.2) is 36.3 Å². The number of pyridine rings is 1. The summed E-state index contributed by atoms with van der Waals surface area (Å²) in [4.78, 5) is 7.05. The lowest BCUT2D eigenvalue weighted by Crippen LogP contribution is -2.43. The molecule has 2 N–H and O–H groups in total. The van der Waals surface area contributed by atoms with Crippen molar-refractivity contribution in [2.75, 3.05) is 18.0 Å². The van der Waals surface area contributed by atoms with Crippen LogP contribution in [0.4, 0.5) is 5.82 Å². The number of rotatable bonds is 3. The maximum atomic E-state index is 5.88. The number of fused-ring (bicyclic) bond motifs is 2. The third kappa shape index (κ3) is 2.74. The maximum absolute atomic E-state index is 5.88. The van der Waals surface area contributed by atoms with E-state index >= 15 is 0 Å². The van der Waals surface area contributed by atoms with Crippen molar-refractivity contribution < 1.29 is 4.74 Å². The fourth-order valence-corrected chi connectivity index (χ4v) is 3.23. The lowest BCUT2D eigenvalue weighted by Gasteiger charge is -2.33. The highest BCUT2D eigenvalue weighted by Crippen LogP contribution is 2.30. The smallest absolute Gasteiger partial charge is 0.131 e. The Labute approximate surface area is 115 Å². The summed E-state index contributed by atoms with van der Waals surface area (Å²) < 4.78 is 5.88. The van der Waals surface area contributed by atoms with Gasteiger partial charge in [-0.3, -0.25) is 0 Å². The molecular formula is C15H23N3O. The zero-order valence-electron chi connectivity index (χ0n) is 11.8. The first-order valence-corrected chi connectivity index (χ1v) is 7.23. The van der Waals surface area contributed by atoms with Crippen molar-refractivity contribution in [3.8, 4) is 0 Å². The number of ether oxygens (including phenoxy) is 1. The highest BCUT2D eigenvalue weighted by Gasteiger charge is 2.34. The molecule has 2 aliphatic rings. The molecule has 2 aliphatic heterocycles. The van der Waals surface area contributed by atoms with Gasteiger partial charge in [-0.05, 0) is 44.2 Å². The van der Waals surface area contributed by atoms with Gasteiger partial charge in [-0.25, -0.2) is 4.98 Å². The predicted octanol–water partition coefficient (Wildman–Crippen LogP) is 1.65. The Bertz CT molecular complexity index is 449. The van der Waals surface area contributed by atoms with Crippen LogP contribution in [-0.2, 0) is 11.2 Å². The average Bonchev–Trinajstić information content (AvgIpc) is 2.67. The van der Waals surface area contributed by atoms with Crippen molar-refractivity contribution in [2.45, 2.75) is 51.4 Å². The Morgan fingerprint density at radius 3 is 2.68 bits per heavy atom. The highest BCUT2D eigenvalue weighted by molar-refractivity contribution is 5.48. The van der Waals surface area contributed by atoms with Crippen molar-refractivity contribution >= 4 is 5.82 Å². The van der Waals surface area contributed by atoms with Crippen LogP contribution in [0.25, 0.3) is 0 Å². The van der Waals surface area contributed by atoms with Crippen LogP contribution in [0.15, 0.2) is 12.3 Å². The molecule has 0 radical (unpaired) electrons. The number of nitrogens with zero attached hydrogens (tertiary/aromatic N) is 2. The Morgan fingerprint density at radius 2 is 2.11 bits per heavy atom. The number of aromatic nitrogens is 1. The SMILES string of the molecule is Cc1cc(CC(C)N)cnc1N1CC2CCC(C1)O2. The summed E-state index contributed by atoms with van der Waals surface area (Å²) >= 11 is 0. The van der Waals surface area contributed by atoms with E-state index in [1.54, 1.807) is 0 Å². The molecule has 2 saturated heterocycles. The van der Waals surface area contributed by atoms with Gasteiger partial charge in [0.05, 0.1) is 12.2 Å². The van der Waals surface area contributed by atoms with Gasteiger partial charge in [0.15, 0.2) is 0 Å². The van der Waals surface area contributed by atoms with Crippen molar-refractivity contribution in [1.29, 1.82) is 0 Å². The Morgan fingerprint density at radius 1 is 1.42 bits per heavy atom. The molecule has 4 heteroatoms. The van der Waals surface area contributed by atoms with Gasteiger partial charge in [-0.2, -0.15) is 0 Å². The molecule has 104 valence electrons. The van der Waals surface area contributed by atoms with E-state index in [0.717, 1.165) is 25.3 Å². The minimum absolute atomic E-state index is 0.186. The summed E-state index contributed by atoms with van der Waals surface area (Å²) in [5.41, 5.74) is 8.32. The number of aryl methyl sites for hydroxylation is 1. The van der Waals surface area contributed by atoms with Crippen LogP contribution in [0.3, 0.4) is 0 Å². The van der Waals surface area contributed by atoms with Gasteiger partial charge in [0.25, 0.3) is 0 Å². The van der Waals surface area contributed by atoms with Gasteiger partial charge in [0.2, 0.25) is 0 Å². The van der Waals surface area contributed by atoms with Gasteiger partial charge in [0, 0.05) is 25.3 Å².